The van der Waals surface area contributed by atoms with Crippen molar-refractivity contribution in [1.82, 2.24) is 29.5 Å². The number of piperidine rings is 1. The van der Waals surface area contributed by atoms with E-state index in [1.165, 1.54) is 0 Å². The van der Waals surface area contributed by atoms with Gasteiger partial charge < -0.3 is 33.9 Å². The topological polar surface area (TPSA) is 102 Å². The third-order valence-electron chi connectivity index (χ3n) is 7.59. The summed E-state index contributed by atoms with van der Waals surface area (Å²) in [7, 11) is 3.71. The Morgan fingerprint density at radius 2 is 1.93 bits per heavy atom. The molecule has 2 N–H and O–H groups in total. The van der Waals surface area contributed by atoms with E-state index >= 15 is 0 Å². The smallest absolute Gasteiger partial charge is 0.382 e. The van der Waals surface area contributed by atoms with Crippen molar-refractivity contribution in [2.45, 2.75) is 64.1 Å². The third-order valence-corrected chi connectivity index (χ3v) is 7.59. The van der Waals surface area contributed by atoms with E-state index in [1.54, 1.807) is 43.8 Å². The molecule has 1 aliphatic rings. The Morgan fingerprint density at radius 1 is 1.17 bits per heavy atom. The predicted molar refractivity (Wildman–Crippen MR) is 152 cm³/mol. The lowest BCUT2D eigenvalue weighted by Gasteiger charge is -2.30. The molecule has 4 heterocycles. The van der Waals surface area contributed by atoms with Crippen molar-refractivity contribution < 1.29 is 27.2 Å². The maximum Gasteiger partial charge on any atom is 0.406 e. The highest BCUT2D eigenvalue weighted by atomic mass is 19.4. The number of alkyl halides is 3. The van der Waals surface area contributed by atoms with E-state index in [0.717, 1.165) is 36.2 Å². The van der Waals surface area contributed by atoms with Crippen molar-refractivity contribution in [1.29, 1.82) is 0 Å². The number of fused-ring (bicyclic) bond motifs is 1. The summed E-state index contributed by atoms with van der Waals surface area (Å²) in [4.78, 5) is 19.3. The van der Waals surface area contributed by atoms with Crippen LogP contribution in [0.15, 0.2) is 47.2 Å². The number of rotatable bonds is 10. The minimum atomic E-state index is -4.46. The molecule has 1 aliphatic heterocycles. The van der Waals surface area contributed by atoms with Crippen molar-refractivity contribution in [2.24, 2.45) is 0 Å². The maximum atomic E-state index is 13.7. The van der Waals surface area contributed by atoms with E-state index in [1.807, 2.05) is 24.5 Å². The van der Waals surface area contributed by atoms with Gasteiger partial charge in [-0.1, -0.05) is 11.2 Å². The molecule has 0 atom stereocenters. The average molecular weight is 588 g/mol. The summed E-state index contributed by atoms with van der Waals surface area (Å²) in [6.45, 7) is 5.07. The lowest BCUT2D eigenvalue weighted by Crippen LogP contribution is -2.36. The van der Waals surface area contributed by atoms with Gasteiger partial charge in [-0.15, -0.1) is 0 Å². The van der Waals surface area contributed by atoms with Crippen molar-refractivity contribution in [2.75, 3.05) is 32.6 Å². The van der Waals surface area contributed by atoms with Gasteiger partial charge in [0.15, 0.2) is 0 Å². The summed E-state index contributed by atoms with van der Waals surface area (Å²) in [6, 6.07) is 8.86. The fraction of sp³-hybridized carbons (Fsp3) is 0.483. The summed E-state index contributed by atoms with van der Waals surface area (Å²) >= 11 is 0. The number of amides is 1. The molecular formula is C29H36F3N7O3. The Bertz CT molecular complexity index is 1530. The van der Waals surface area contributed by atoms with Gasteiger partial charge in [-0.25, -0.2) is 0 Å². The number of nitrogens with zero attached hydrogens (tertiary/aromatic N) is 5. The molecule has 1 amide bonds. The zero-order valence-corrected chi connectivity index (χ0v) is 24.2. The summed E-state index contributed by atoms with van der Waals surface area (Å²) in [5.41, 5.74) is 1.41. The van der Waals surface area contributed by atoms with Crippen LogP contribution in [-0.2, 0) is 24.4 Å². The molecule has 0 saturated carbocycles. The number of nitrogens with one attached hydrogen (secondary N) is 2. The van der Waals surface area contributed by atoms with Crippen LogP contribution in [0.5, 0.6) is 0 Å². The van der Waals surface area contributed by atoms with Crippen LogP contribution in [0.3, 0.4) is 0 Å². The Kier molecular flexibility index (Phi) is 8.33. The summed E-state index contributed by atoms with van der Waals surface area (Å²) < 4.78 is 54.8. The van der Waals surface area contributed by atoms with Gasteiger partial charge in [-0.05, 0) is 71.1 Å². The van der Waals surface area contributed by atoms with Gasteiger partial charge in [0.2, 0.25) is 11.7 Å². The highest BCUT2D eigenvalue weighted by Gasteiger charge is 2.31. The van der Waals surface area contributed by atoms with Crippen LogP contribution in [0, 0.1) is 0 Å². The number of ether oxygens (including phenoxy) is 1. The number of anilines is 1. The second-order valence-electron chi connectivity index (χ2n) is 11.4. The van der Waals surface area contributed by atoms with Gasteiger partial charge in [-0.2, -0.15) is 18.2 Å². The predicted octanol–water partition coefficient (Wildman–Crippen LogP) is 4.92. The molecule has 42 heavy (non-hydrogen) atoms. The largest absolute Gasteiger partial charge is 0.406 e. The molecule has 3 aromatic heterocycles. The van der Waals surface area contributed by atoms with Crippen LogP contribution >= 0.6 is 0 Å². The quantitative estimate of drug-likeness (QED) is 0.272. The number of hydrogen-bond acceptors (Lipinski definition) is 7. The first-order chi connectivity index (χ1) is 19.9. The lowest BCUT2D eigenvalue weighted by molar-refractivity contribution is -0.139. The van der Waals surface area contributed by atoms with E-state index in [2.05, 4.69) is 32.7 Å². The Balaban J connectivity index is 1.34. The summed E-state index contributed by atoms with van der Waals surface area (Å²) in [5.74, 6) is -0.260. The SMILES string of the molecule is COC(C)(C)Cn1ccc(C(=O)NCc2nc(-c3cc4c(NC5CCN(C)CC5)cccc4n3CC(F)(F)F)no2)c1. The van der Waals surface area contributed by atoms with Gasteiger partial charge in [-0.3, -0.25) is 4.79 Å². The van der Waals surface area contributed by atoms with Crippen molar-refractivity contribution >= 4 is 22.5 Å². The van der Waals surface area contributed by atoms with Crippen LogP contribution in [0.25, 0.3) is 22.4 Å². The number of benzene rings is 1. The standard InChI is InChI=1S/C29H36F3N7O3/c1-28(2,41-4)17-38-13-8-19(16-38)27(40)33-15-25-35-26(36-42-25)24-14-21-22(34-20-9-11-37(3)12-10-20)6-5-7-23(21)39(24)18-29(30,31)32/h5-8,13-14,16,20,34H,9-12,15,17-18H2,1-4H3,(H,33,40). The first-order valence-electron chi connectivity index (χ1n) is 13.9. The van der Waals surface area contributed by atoms with Crippen molar-refractivity contribution in [3.05, 3.63) is 54.2 Å². The third kappa shape index (κ3) is 6.96. The molecule has 1 aromatic carbocycles. The second-order valence-corrected chi connectivity index (χ2v) is 11.4. The molecule has 0 radical (unpaired) electrons. The molecule has 10 nitrogen and oxygen atoms in total. The number of hydrogen-bond donors (Lipinski definition) is 2. The Hall–Kier alpha value is -3.84. The van der Waals surface area contributed by atoms with E-state index in [-0.39, 0.29) is 35.9 Å². The summed E-state index contributed by atoms with van der Waals surface area (Å²) in [5, 5.41) is 10.9. The normalized spacial score (nSPS) is 15.4. The number of carbonyl (C=O) groups is 1. The number of halogens is 3. The van der Waals surface area contributed by atoms with E-state index < -0.39 is 18.3 Å². The molecule has 4 aromatic rings. The molecule has 1 saturated heterocycles. The van der Waals surface area contributed by atoms with Gasteiger partial charge >= 0.3 is 6.18 Å². The van der Waals surface area contributed by atoms with Gasteiger partial charge in [0.25, 0.3) is 5.91 Å². The lowest BCUT2D eigenvalue weighted by atomic mass is 10.0. The van der Waals surface area contributed by atoms with Crippen molar-refractivity contribution in [3.63, 3.8) is 0 Å². The molecule has 226 valence electrons. The van der Waals surface area contributed by atoms with Crippen LogP contribution < -0.4 is 10.6 Å². The zero-order chi connectivity index (χ0) is 30.1. The van der Waals surface area contributed by atoms with E-state index in [0.29, 0.717) is 23.0 Å². The monoisotopic (exact) mass is 587 g/mol. The van der Waals surface area contributed by atoms with E-state index in [9.17, 15) is 18.0 Å². The average Bonchev–Trinajstić information content (AvgIpc) is 3.67. The number of methoxy groups -OCH3 is 1. The zero-order valence-electron chi connectivity index (χ0n) is 24.2. The van der Waals surface area contributed by atoms with Gasteiger partial charge in [0.1, 0.15) is 6.54 Å². The molecule has 1 fully saturated rings. The van der Waals surface area contributed by atoms with Crippen LogP contribution in [0.1, 0.15) is 42.9 Å². The minimum absolute atomic E-state index is 0.0119. The molecule has 0 spiro atoms. The van der Waals surface area contributed by atoms with Crippen LogP contribution in [-0.4, -0.2) is 75.1 Å². The molecule has 5 rings (SSSR count). The van der Waals surface area contributed by atoms with Crippen LogP contribution in [0.4, 0.5) is 18.9 Å². The fourth-order valence-corrected chi connectivity index (χ4v) is 5.18. The summed E-state index contributed by atoms with van der Waals surface area (Å²) in [6.07, 6.45) is 0.920. The van der Waals surface area contributed by atoms with Crippen molar-refractivity contribution in [3.8, 4) is 11.5 Å². The Morgan fingerprint density at radius 3 is 2.64 bits per heavy atom. The maximum absolute atomic E-state index is 13.7. The van der Waals surface area contributed by atoms with Gasteiger partial charge in [0, 0.05) is 36.6 Å². The van der Waals surface area contributed by atoms with Crippen LogP contribution in [0.2, 0.25) is 0 Å². The molecule has 0 aliphatic carbocycles. The first-order valence-corrected chi connectivity index (χ1v) is 13.9. The minimum Gasteiger partial charge on any atom is -0.382 e. The Labute approximate surface area is 241 Å². The van der Waals surface area contributed by atoms with E-state index in [4.69, 9.17) is 9.26 Å². The second kappa shape index (κ2) is 11.8. The number of likely N-dealkylation sites (tertiary alicyclic amines) is 1. The molecule has 0 unspecified atom stereocenters. The highest BCUT2D eigenvalue weighted by Crippen LogP contribution is 2.35. The number of carbonyl (C=O) groups excluding carboxylic acids is 1. The number of aromatic nitrogens is 4. The molecule has 0 bridgehead atoms. The first kappa shape index (κ1) is 29.6. The van der Waals surface area contributed by atoms with Gasteiger partial charge in [0.05, 0.1) is 35.5 Å². The molecular weight excluding hydrogens is 551 g/mol. The fourth-order valence-electron chi connectivity index (χ4n) is 5.18. The highest BCUT2D eigenvalue weighted by molar-refractivity contribution is 5.96. The molecule has 13 heteroatoms.